The summed E-state index contributed by atoms with van der Waals surface area (Å²) in [5, 5.41) is 3.41. The predicted octanol–water partition coefficient (Wildman–Crippen LogP) is 1.60. The van der Waals surface area contributed by atoms with Gasteiger partial charge in [-0.15, -0.1) is 0 Å². The van der Waals surface area contributed by atoms with Crippen LogP contribution in [0.15, 0.2) is 24.3 Å². The molecule has 0 aromatic heterocycles. The predicted molar refractivity (Wildman–Crippen MR) is 57.6 cm³/mol. The van der Waals surface area contributed by atoms with Crippen LogP contribution < -0.4 is 15.8 Å². The number of ether oxygens (including phenoxy) is 1. The number of nitrogens with two attached hydrogens (primary N) is 1. The molecular formula is C11H16N2O. The van der Waals surface area contributed by atoms with Gasteiger partial charge in [0.25, 0.3) is 0 Å². The van der Waals surface area contributed by atoms with Crippen LogP contribution in [0.1, 0.15) is 13.3 Å². The molecule has 1 aromatic carbocycles. The van der Waals surface area contributed by atoms with Crippen molar-refractivity contribution in [2.45, 2.75) is 25.5 Å². The summed E-state index contributed by atoms with van der Waals surface area (Å²) in [4.78, 5) is 0. The van der Waals surface area contributed by atoms with Crippen molar-refractivity contribution in [3.63, 3.8) is 0 Å². The van der Waals surface area contributed by atoms with Gasteiger partial charge in [-0.3, -0.25) is 0 Å². The van der Waals surface area contributed by atoms with E-state index in [-0.39, 0.29) is 6.10 Å². The highest BCUT2D eigenvalue weighted by Gasteiger charge is 2.24. The highest BCUT2D eigenvalue weighted by Crippen LogP contribution is 2.31. The van der Waals surface area contributed by atoms with Crippen LogP contribution >= 0.6 is 0 Å². The van der Waals surface area contributed by atoms with E-state index in [0.717, 1.165) is 17.9 Å². The molecule has 0 spiro atoms. The van der Waals surface area contributed by atoms with Crippen molar-refractivity contribution in [1.82, 2.24) is 0 Å². The Morgan fingerprint density at radius 3 is 3.00 bits per heavy atom. The normalized spacial score (nSPS) is 24.7. The van der Waals surface area contributed by atoms with Crippen LogP contribution in [0.4, 0.5) is 5.69 Å². The fourth-order valence-electron chi connectivity index (χ4n) is 1.77. The van der Waals surface area contributed by atoms with Gasteiger partial charge in [0.05, 0.1) is 11.7 Å². The SMILES string of the molecule is CC1Nc2ccccc2OC1CCN. The molecule has 1 aliphatic rings. The molecule has 0 amide bonds. The van der Waals surface area contributed by atoms with Crippen LogP contribution in [0.3, 0.4) is 0 Å². The van der Waals surface area contributed by atoms with Gasteiger partial charge in [0.15, 0.2) is 0 Å². The van der Waals surface area contributed by atoms with Gasteiger partial charge in [0, 0.05) is 0 Å². The maximum Gasteiger partial charge on any atom is 0.142 e. The third kappa shape index (κ3) is 1.68. The van der Waals surface area contributed by atoms with Crippen molar-refractivity contribution in [2.75, 3.05) is 11.9 Å². The summed E-state index contributed by atoms with van der Waals surface area (Å²) in [6.07, 6.45) is 1.08. The smallest absolute Gasteiger partial charge is 0.142 e. The fourth-order valence-corrected chi connectivity index (χ4v) is 1.77. The van der Waals surface area contributed by atoms with E-state index in [4.69, 9.17) is 10.5 Å². The molecule has 3 N–H and O–H groups in total. The van der Waals surface area contributed by atoms with E-state index in [9.17, 15) is 0 Å². The Morgan fingerprint density at radius 1 is 1.43 bits per heavy atom. The maximum absolute atomic E-state index is 5.84. The molecule has 3 nitrogen and oxygen atoms in total. The lowest BCUT2D eigenvalue weighted by atomic mass is 10.1. The molecule has 76 valence electrons. The Kier molecular flexibility index (Phi) is 2.59. The van der Waals surface area contributed by atoms with Gasteiger partial charge in [-0.1, -0.05) is 12.1 Å². The van der Waals surface area contributed by atoms with E-state index >= 15 is 0 Å². The van der Waals surface area contributed by atoms with E-state index in [0.29, 0.717) is 12.6 Å². The quantitative estimate of drug-likeness (QED) is 0.748. The number of benzene rings is 1. The minimum absolute atomic E-state index is 0.190. The topological polar surface area (TPSA) is 47.3 Å². The highest BCUT2D eigenvalue weighted by molar-refractivity contribution is 5.58. The third-order valence-corrected chi connectivity index (χ3v) is 2.56. The van der Waals surface area contributed by atoms with Crippen LogP contribution in [0.5, 0.6) is 5.75 Å². The van der Waals surface area contributed by atoms with Crippen molar-refractivity contribution in [1.29, 1.82) is 0 Å². The molecule has 1 heterocycles. The second-order valence-electron chi connectivity index (χ2n) is 3.66. The molecule has 2 atom stereocenters. The molecule has 0 bridgehead atoms. The fraction of sp³-hybridized carbons (Fsp3) is 0.455. The van der Waals surface area contributed by atoms with Gasteiger partial charge in [0.2, 0.25) is 0 Å². The second kappa shape index (κ2) is 3.88. The van der Waals surface area contributed by atoms with Crippen molar-refractivity contribution in [3.8, 4) is 5.75 Å². The van der Waals surface area contributed by atoms with Crippen LogP contribution in [-0.2, 0) is 0 Å². The van der Waals surface area contributed by atoms with Gasteiger partial charge in [-0.25, -0.2) is 0 Å². The lowest BCUT2D eigenvalue weighted by Crippen LogP contribution is -2.40. The van der Waals surface area contributed by atoms with Gasteiger partial charge in [-0.2, -0.15) is 0 Å². The standard InChI is InChI=1S/C11H16N2O/c1-8-10(6-7-12)14-11-5-3-2-4-9(11)13-8/h2-5,8,10,13H,6-7,12H2,1H3. The summed E-state index contributed by atoms with van der Waals surface area (Å²) >= 11 is 0. The Balaban J connectivity index is 2.18. The van der Waals surface area contributed by atoms with Gasteiger partial charge < -0.3 is 15.8 Å². The first-order valence-corrected chi connectivity index (χ1v) is 5.03. The molecule has 2 unspecified atom stereocenters. The average Bonchev–Trinajstić information content (AvgIpc) is 2.19. The number of fused-ring (bicyclic) bond motifs is 1. The summed E-state index contributed by atoms with van der Waals surface area (Å²) in [7, 11) is 0. The second-order valence-corrected chi connectivity index (χ2v) is 3.66. The van der Waals surface area contributed by atoms with Crippen LogP contribution in [0.2, 0.25) is 0 Å². The van der Waals surface area contributed by atoms with Gasteiger partial charge in [0.1, 0.15) is 11.9 Å². The minimum atomic E-state index is 0.190. The number of rotatable bonds is 2. The first-order chi connectivity index (χ1) is 6.81. The Labute approximate surface area is 84.3 Å². The molecule has 0 fully saturated rings. The zero-order valence-corrected chi connectivity index (χ0v) is 8.36. The summed E-state index contributed by atoms with van der Waals surface area (Å²) < 4.78 is 5.84. The summed E-state index contributed by atoms with van der Waals surface area (Å²) in [5.41, 5.74) is 6.61. The maximum atomic E-state index is 5.84. The molecule has 3 heteroatoms. The lowest BCUT2D eigenvalue weighted by molar-refractivity contribution is 0.167. The number of anilines is 1. The molecule has 0 aliphatic carbocycles. The first kappa shape index (κ1) is 9.34. The number of hydrogen-bond donors (Lipinski definition) is 2. The molecule has 2 rings (SSSR count). The van der Waals surface area contributed by atoms with Crippen LogP contribution in [0, 0.1) is 0 Å². The largest absolute Gasteiger partial charge is 0.486 e. The van der Waals surface area contributed by atoms with E-state index in [1.54, 1.807) is 0 Å². The minimum Gasteiger partial charge on any atom is -0.486 e. The molecule has 0 saturated carbocycles. The van der Waals surface area contributed by atoms with Crippen LogP contribution in [-0.4, -0.2) is 18.7 Å². The Hall–Kier alpha value is -1.22. The van der Waals surface area contributed by atoms with E-state index in [2.05, 4.69) is 12.2 Å². The summed E-state index contributed by atoms with van der Waals surface area (Å²) in [5.74, 6) is 0.934. The average molecular weight is 192 g/mol. The highest BCUT2D eigenvalue weighted by atomic mass is 16.5. The van der Waals surface area contributed by atoms with E-state index < -0.39 is 0 Å². The Morgan fingerprint density at radius 2 is 2.21 bits per heavy atom. The van der Waals surface area contributed by atoms with Crippen LogP contribution in [0.25, 0.3) is 0 Å². The lowest BCUT2D eigenvalue weighted by Gasteiger charge is -2.32. The summed E-state index contributed by atoms with van der Waals surface area (Å²) in [6.45, 7) is 2.79. The Bertz CT molecular complexity index is 314. The molecule has 14 heavy (non-hydrogen) atoms. The molecule has 0 saturated heterocycles. The van der Waals surface area contributed by atoms with E-state index in [1.807, 2.05) is 24.3 Å². The van der Waals surface area contributed by atoms with Gasteiger partial charge >= 0.3 is 0 Å². The van der Waals surface area contributed by atoms with Crippen molar-refractivity contribution in [2.24, 2.45) is 5.73 Å². The number of hydrogen-bond acceptors (Lipinski definition) is 3. The van der Waals surface area contributed by atoms with Crippen molar-refractivity contribution < 1.29 is 4.74 Å². The number of nitrogens with one attached hydrogen (secondary N) is 1. The molecule has 0 radical (unpaired) electrons. The summed E-state index contributed by atoms with van der Waals surface area (Å²) in [6, 6.07) is 8.33. The molecule has 1 aromatic rings. The molecular weight excluding hydrogens is 176 g/mol. The third-order valence-electron chi connectivity index (χ3n) is 2.56. The number of para-hydroxylation sites is 2. The zero-order valence-electron chi connectivity index (χ0n) is 8.36. The monoisotopic (exact) mass is 192 g/mol. The van der Waals surface area contributed by atoms with E-state index in [1.165, 1.54) is 0 Å². The zero-order chi connectivity index (χ0) is 9.97. The van der Waals surface area contributed by atoms with Crippen molar-refractivity contribution >= 4 is 5.69 Å². The molecule has 1 aliphatic heterocycles. The van der Waals surface area contributed by atoms with Crippen molar-refractivity contribution in [3.05, 3.63) is 24.3 Å². The van der Waals surface area contributed by atoms with Gasteiger partial charge in [-0.05, 0) is 32.0 Å². The first-order valence-electron chi connectivity index (χ1n) is 5.03.